The largest absolute Gasteiger partial charge is 0.382 e. The molecule has 3 N–H and O–H groups in total. The van der Waals surface area contributed by atoms with Crippen LogP contribution in [0.15, 0.2) is 33.7 Å². The predicted molar refractivity (Wildman–Crippen MR) is 111 cm³/mol. The molecule has 0 spiro atoms. The maximum Gasteiger partial charge on any atom is 0.251 e. The minimum absolute atomic E-state index is 0.0605. The topological polar surface area (TPSA) is 74.8 Å². The molecule has 0 fully saturated rings. The van der Waals surface area contributed by atoms with E-state index in [1.165, 1.54) is 0 Å². The van der Waals surface area contributed by atoms with Crippen molar-refractivity contribution in [2.75, 3.05) is 39.4 Å². The maximum atomic E-state index is 12.0. The number of carbonyl (C=O) groups is 1. The Balaban J connectivity index is 2.22. The molecule has 1 amide bonds. The second kappa shape index (κ2) is 14.6. The second-order valence-corrected chi connectivity index (χ2v) is 6.63. The number of halogens is 1. The van der Waals surface area contributed by atoms with Gasteiger partial charge in [0.05, 0.1) is 0 Å². The van der Waals surface area contributed by atoms with E-state index in [0.717, 1.165) is 56.0 Å². The van der Waals surface area contributed by atoms with Gasteiger partial charge in [0, 0.05) is 49.4 Å². The van der Waals surface area contributed by atoms with Gasteiger partial charge in [0.2, 0.25) is 0 Å². The van der Waals surface area contributed by atoms with E-state index in [1.807, 2.05) is 32.0 Å². The van der Waals surface area contributed by atoms with Crippen molar-refractivity contribution in [2.24, 2.45) is 4.99 Å². The van der Waals surface area contributed by atoms with E-state index in [1.54, 1.807) is 6.07 Å². The van der Waals surface area contributed by atoms with E-state index in [9.17, 15) is 4.79 Å². The quantitative estimate of drug-likeness (QED) is 0.273. The molecule has 0 aliphatic carbocycles. The van der Waals surface area contributed by atoms with Crippen LogP contribution in [0.3, 0.4) is 0 Å². The molecule has 7 heteroatoms. The highest BCUT2D eigenvalue weighted by Crippen LogP contribution is 2.11. The molecule has 0 aromatic heterocycles. The van der Waals surface area contributed by atoms with Gasteiger partial charge in [0.25, 0.3) is 5.91 Å². The summed E-state index contributed by atoms with van der Waals surface area (Å²) in [5, 5.41) is 9.47. The first-order valence-corrected chi connectivity index (χ1v) is 10.1. The molecule has 0 unspecified atom stereocenters. The van der Waals surface area contributed by atoms with Crippen LogP contribution in [0.2, 0.25) is 0 Å². The van der Waals surface area contributed by atoms with Crippen molar-refractivity contribution in [1.82, 2.24) is 16.0 Å². The fourth-order valence-corrected chi connectivity index (χ4v) is 2.62. The third-order valence-electron chi connectivity index (χ3n) is 3.53. The van der Waals surface area contributed by atoms with Crippen LogP contribution in [0.4, 0.5) is 0 Å². The van der Waals surface area contributed by atoms with Crippen molar-refractivity contribution in [1.29, 1.82) is 0 Å². The Kier molecular flexibility index (Phi) is 12.6. The summed E-state index contributed by atoms with van der Waals surface area (Å²) in [4.78, 5) is 16.6. The van der Waals surface area contributed by atoms with Crippen molar-refractivity contribution < 1.29 is 9.53 Å². The Hall–Kier alpha value is -1.60. The molecule has 1 aromatic carbocycles. The lowest BCUT2D eigenvalue weighted by Gasteiger charge is -2.11. The monoisotopic (exact) mass is 426 g/mol. The Morgan fingerprint density at radius 1 is 1.12 bits per heavy atom. The summed E-state index contributed by atoms with van der Waals surface area (Å²) in [6, 6.07) is 7.37. The van der Waals surface area contributed by atoms with Crippen LogP contribution in [0.5, 0.6) is 0 Å². The molecule has 0 heterocycles. The van der Waals surface area contributed by atoms with Gasteiger partial charge in [-0.3, -0.25) is 9.79 Å². The number of rotatable bonds is 12. The third kappa shape index (κ3) is 10.4. The first-order valence-electron chi connectivity index (χ1n) is 9.31. The van der Waals surface area contributed by atoms with E-state index >= 15 is 0 Å². The van der Waals surface area contributed by atoms with Gasteiger partial charge in [0.1, 0.15) is 0 Å². The summed E-state index contributed by atoms with van der Waals surface area (Å²) < 4.78 is 6.23. The second-order valence-electron chi connectivity index (χ2n) is 5.71. The molecule has 6 nitrogen and oxygen atoms in total. The zero-order chi connectivity index (χ0) is 19.0. The lowest BCUT2D eigenvalue weighted by molar-refractivity contribution is 0.0953. The molecule has 26 heavy (non-hydrogen) atoms. The number of benzene rings is 1. The molecular weight excluding hydrogens is 396 g/mol. The van der Waals surface area contributed by atoms with Gasteiger partial charge in [-0.15, -0.1) is 0 Å². The van der Waals surface area contributed by atoms with Gasteiger partial charge in [0.15, 0.2) is 5.96 Å². The third-order valence-corrected chi connectivity index (χ3v) is 4.03. The van der Waals surface area contributed by atoms with Crippen molar-refractivity contribution in [3.63, 3.8) is 0 Å². The predicted octanol–water partition coefficient (Wildman–Crippen LogP) is 2.94. The number of aliphatic imine (C=N–C) groups is 1. The average molecular weight is 427 g/mol. The van der Waals surface area contributed by atoms with E-state index in [2.05, 4.69) is 36.9 Å². The average Bonchev–Trinajstić information content (AvgIpc) is 2.64. The van der Waals surface area contributed by atoms with E-state index in [-0.39, 0.29) is 5.91 Å². The Morgan fingerprint density at radius 3 is 2.65 bits per heavy atom. The first-order chi connectivity index (χ1) is 12.7. The highest BCUT2D eigenvalue weighted by Gasteiger charge is 2.04. The molecule has 146 valence electrons. The number of amides is 1. The summed E-state index contributed by atoms with van der Waals surface area (Å²) in [7, 11) is 0. The minimum Gasteiger partial charge on any atom is -0.382 e. The standard InChI is InChI=1S/C19H31BrN4O2/c1-3-21-19(23-11-5-6-14-26-4-2)24-13-8-12-22-18(25)16-9-7-10-17(20)15-16/h7,9-10,15H,3-6,8,11-14H2,1-2H3,(H,22,25)(H2,21,23,24). The van der Waals surface area contributed by atoms with Gasteiger partial charge in [-0.25, -0.2) is 0 Å². The van der Waals surface area contributed by atoms with E-state index < -0.39 is 0 Å². The minimum atomic E-state index is -0.0605. The number of nitrogens with zero attached hydrogens (tertiary/aromatic N) is 1. The Labute approximate surface area is 165 Å². The zero-order valence-corrected chi connectivity index (χ0v) is 17.4. The summed E-state index contributed by atoms with van der Waals surface area (Å²) in [6.07, 6.45) is 2.88. The van der Waals surface area contributed by atoms with Crippen molar-refractivity contribution in [3.8, 4) is 0 Å². The van der Waals surface area contributed by atoms with Gasteiger partial charge in [-0.1, -0.05) is 22.0 Å². The van der Waals surface area contributed by atoms with Crippen LogP contribution in [-0.4, -0.2) is 51.3 Å². The number of nitrogens with one attached hydrogen (secondary N) is 3. The van der Waals surface area contributed by atoms with Crippen molar-refractivity contribution >= 4 is 27.8 Å². The van der Waals surface area contributed by atoms with Gasteiger partial charge in [-0.05, 0) is 51.3 Å². The number of hydrogen-bond donors (Lipinski definition) is 3. The molecule has 0 atom stereocenters. The van der Waals surface area contributed by atoms with E-state index in [0.29, 0.717) is 18.7 Å². The number of ether oxygens (including phenoxy) is 1. The van der Waals surface area contributed by atoms with Crippen LogP contribution in [-0.2, 0) is 4.74 Å². The van der Waals surface area contributed by atoms with Gasteiger partial charge < -0.3 is 20.7 Å². The molecule has 0 bridgehead atoms. The summed E-state index contributed by atoms with van der Waals surface area (Å²) in [5.41, 5.74) is 0.657. The fraction of sp³-hybridized carbons (Fsp3) is 0.579. The lowest BCUT2D eigenvalue weighted by Crippen LogP contribution is -2.38. The molecule has 0 radical (unpaired) electrons. The number of hydrogen-bond acceptors (Lipinski definition) is 3. The number of carbonyl (C=O) groups excluding carboxylic acids is 1. The van der Waals surface area contributed by atoms with Crippen molar-refractivity contribution in [2.45, 2.75) is 33.1 Å². The molecule has 0 saturated carbocycles. The van der Waals surface area contributed by atoms with Crippen LogP contribution < -0.4 is 16.0 Å². The highest BCUT2D eigenvalue weighted by atomic mass is 79.9. The van der Waals surface area contributed by atoms with E-state index in [4.69, 9.17) is 4.74 Å². The molecule has 0 aliphatic rings. The summed E-state index contributed by atoms with van der Waals surface area (Å²) >= 11 is 3.37. The van der Waals surface area contributed by atoms with Crippen LogP contribution in [0.1, 0.15) is 43.5 Å². The number of guanidine groups is 1. The molecule has 1 rings (SSSR count). The Morgan fingerprint density at radius 2 is 1.92 bits per heavy atom. The zero-order valence-electron chi connectivity index (χ0n) is 15.8. The lowest BCUT2D eigenvalue weighted by atomic mass is 10.2. The van der Waals surface area contributed by atoms with Crippen LogP contribution in [0.25, 0.3) is 0 Å². The van der Waals surface area contributed by atoms with Crippen LogP contribution >= 0.6 is 15.9 Å². The number of unbranched alkanes of at least 4 members (excludes halogenated alkanes) is 1. The first kappa shape index (κ1) is 22.4. The highest BCUT2D eigenvalue weighted by molar-refractivity contribution is 9.10. The normalized spacial score (nSPS) is 11.3. The SMILES string of the molecule is CCNC(=NCCCNC(=O)c1cccc(Br)c1)NCCCCOCC. The Bertz CT molecular complexity index is 552. The summed E-state index contributed by atoms with van der Waals surface area (Å²) in [5.74, 6) is 0.761. The van der Waals surface area contributed by atoms with Crippen molar-refractivity contribution in [3.05, 3.63) is 34.3 Å². The van der Waals surface area contributed by atoms with Gasteiger partial charge in [-0.2, -0.15) is 0 Å². The molecular formula is C19H31BrN4O2. The molecule has 1 aromatic rings. The molecule has 0 saturated heterocycles. The van der Waals surface area contributed by atoms with Crippen LogP contribution in [0, 0.1) is 0 Å². The molecule has 0 aliphatic heterocycles. The smallest absolute Gasteiger partial charge is 0.251 e. The fourth-order valence-electron chi connectivity index (χ4n) is 2.23. The van der Waals surface area contributed by atoms with Gasteiger partial charge >= 0.3 is 0 Å². The summed E-state index contributed by atoms with van der Waals surface area (Å²) in [6.45, 7) is 8.59. The maximum absolute atomic E-state index is 12.0.